The van der Waals surface area contributed by atoms with E-state index < -0.39 is 19.1 Å². The summed E-state index contributed by atoms with van der Waals surface area (Å²) in [5.41, 5.74) is 0. The molecule has 100 valence electrons. The lowest BCUT2D eigenvalue weighted by atomic mass is 10.4. The Hall–Kier alpha value is -0.410. The summed E-state index contributed by atoms with van der Waals surface area (Å²) < 4.78 is 48.5. The molecule has 1 N–H and O–H groups in total. The number of nitrogens with one attached hydrogen (secondary N) is 1. The third-order valence-corrected chi connectivity index (χ3v) is 4.88. The van der Waals surface area contributed by atoms with Crippen molar-refractivity contribution < 1.29 is 16.8 Å². The van der Waals surface area contributed by atoms with Crippen LogP contribution in [0, 0.1) is 0 Å². The van der Waals surface area contributed by atoms with E-state index in [4.69, 9.17) is 10.7 Å². The zero-order valence-corrected chi connectivity index (χ0v) is 12.9. The van der Waals surface area contributed by atoms with Crippen LogP contribution in [-0.2, 0) is 19.1 Å². The molecule has 0 heterocycles. The number of benzene rings is 1. The van der Waals surface area contributed by atoms with Crippen LogP contribution in [0.1, 0.15) is 0 Å². The largest absolute Gasteiger partial charge is 0.261 e. The molecule has 0 bridgehead atoms. The van der Waals surface area contributed by atoms with Gasteiger partial charge in [-0.2, -0.15) is 0 Å². The van der Waals surface area contributed by atoms with E-state index in [2.05, 4.69) is 27.2 Å². The Labute approximate surface area is 118 Å². The highest BCUT2D eigenvalue weighted by molar-refractivity contribution is 9.11. The molecule has 0 atom stereocenters. The van der Waals surface area contributed by atoms with Crippen LogP contribution < -0.4 is 4.72 Å². The molecule has 0 fully saturated rings. The van der Waals surface area contributed by atoms with Gasteiger partial charge in [0.25, 0.3) is 9.05 Å². The lowest BCUT2D eigenvalue weighted by Gasteiger charge is -2.06. The highest BCUT2D eigenvalue weighted by atomic mass is 79.9. The molecular weight excluding hydrogens is 366 g/mol. The Bertz CT molecular complexity index is 670. The lowest BCUT2D eigenvalue weighted by molar-refractivity contribution is 0.585. The summed E-state index contributed by atoms with van der Waals surface area (Å²) in [4.78, 5) is -0.456. The van der Waals surface area contributed by atoms with Crippen molar-refractivity contribution in [1.29, 1.82) is 0 Å². The van der Waals surface area contributed by atoms with Gasteiger partial charge in [0.15, 0.2) is 0 Å². The van der Waals surface area contributed by atoms with E-state index in [-0.39, 0.29) is 16.3 Å². The maximum absolute atomic E-state index is 11.8. The molecule has 1 aromatic rings. The average molecular weight is 375 g/mol. The molecule has 0 aliphatic heterocycles. The molecule has 1 aromatic carbocycles. The monoisotopic (exact) mass is 373 g/mol. The topological polar surface area (TPSA) is 80.3 Å². The van der Waals surface area contributed by atoms with Gasteiger partial charge in [0.2, 0.25) is 10.0 Å². The van der Waals surface area contributed by atoms with Crippen molar-refractivity contribution in [2.24, 2.45) is 0 Å². The first-order chi connectivity index (χ1) is 8.13. The fraction of sp³-hybridized carbons (Fsp3) is 0.111. The van der Waals surface area contributed by atoms with Gasteiger partial charge in [0.1, 0.15) is 0 Å². The van der Waals surface area contributed by atoms with Crippen molar-refractivity contribution in [3.8, 4) is 0 Å². The molecule has 0 unspecified atom stereocenters. The third kappa shape index (κ3) is 4.36. The van der Waals surface area contributed by atoms with Gasteiger partial charge in [-0.05, 0) is 18.2 Å². The van der Waals surface area contributed by atoms with E-state index in [1.807, 2.05) is 0 Å². The fourth-order valence-electron chi connectivity index (χ4n) is 1.05. The van der Waals surface area contributed by atoms with E-state index >= 15 is 0 Å². The Balaban J connectivity index is 3.15. The minimum Gasteiger partial charge on any atom is -0.207 e. The van der Waals surface area contributed by atoms with Gasteiger partial charge < -0.3 is 0 Å². The normalized spacial score (nSPS) is 12.3. The van der Waals surface area contributed by atoms with Crippen LogP contribution in [0.5, 0.6) is 0 Å². The third-order valence-electron chi connectivity index (χ3n) is 1.85. The first-order valence-electron chi connectivity index (χ1n) is 4.50. The van der Waals surface area contributed by atoms with Crippen molar-refractivity contribution in [3.63, 3.8) is 0 Å². The number of rotatable bonds is 5. The molecule has 18 heavy (non-hydrogen) atoms. The second-order valence-electron chi connectivity index (χ2n) is 3.25. The zero-order valence-electron chi connectivity index (χ0n) is 8.93. The predicted molar refractivity (Wildman–Crippen MR) is 72.7 cm³/mol. The molecule has 9 heteroatoms. The average Bonchev–Trinajstić information content (AvgIpc) is 2.26. The Morgan fingerprint density at radius 2 is 1.83 bits per heavy atom. The first-order valence-corrected chi connectivity index (χ1v) is 9.09. The standard InChI is InChI=1S/C9H9BrClNO4S2/c1-7(10)6-12-18(15,16)9-4-2-3-8(5-9)17(11,13)14/h2-5,12H,1,6H2. The van der Waals surface area contributed by atoms with Crippen LogP contribution >= 0.6 is 26.6 Å². The fourth-order valence-corrected chi connectivity index (χ4v) is 3.32. The van der Waals surface area contributed by atoms with E-state index in [9.17, 15) is 16.8 Å². The van der Waals surface area contributed by atoms with E-state index in [0.29, 0.717) is 4.48 Å². The van der Waals surface area contributed by atoms with Crippen molar-refractivity contribution >= 4 is 45.7 Å². The summed E-state index contributed by atoms with van der Waals surface area (Å²) in [7, 11) is -2.62. The molecule has 1 rings (SSSR count). The molecular formula is C9H9BrClNO4S2. The Kier molecular flexibility index (Phi) is 4.96. The van der Waals surface area contributed by atoms with E-state index in [0.717, 1.165) is 6.07 Å². The van der Waals surface area contributed by atoms with Crippen LogP contribution in [0.3, 0.4) is 0 Å². The van der Waals surface area contributed by atoms with E-state index in [1.165, 1.54) is 18.2 Å². The lowest BCUT2D eigenvalue weighted by Crippen LogP contribution is -2.24. The molecule has 0 saturated carbocycles. The van der Waals surface area contributed by atoms with Crippen molar-refractivity contribution in [2.75, 3.05) is 6.54 Å². The second kappa shape index (κ2) is 5.70. The first kappa shape index (κ1) is 15.6. The second-order valence-corrected chi connectivity index (χ2v) is 8.71. The van der Waals surface area contributed by atoms with Gasteiger partial charge in [0, 0.05) is 21.7 Å². The van der Waals surface area contributed by atoms with Crippen LogP contribution in [-0.4, -0.2) is 23.4 Å². The molecule has 0 aliphatic carbocycles. The van der Waals surface area contributed by atoms with Crippen LogP contribution in [0.4, 0.5) is 0 Å². The van der Waals surface area contributed by atoms with Crippen LogP contribution in [0.2, 0.25) is 0 Å². The predicted octanol–water partition coefficient (Wildman–Crippen LogP) is 1.80. The molecule has 5 nitrogen and oxygen atoms in total. The van der Waals surface area contributed by atoms with Gasteiger partial charge in [0.05, 0.1) is 9.79 Å². The van der Waals surface area contributed by atoms with Gasteiger partial charge in [-0.15, -0.1) is 0 Å². The molecule has 0 amide bonds. The maximum atomic E-state index is 11.8. The van der Waals surface area contributed by atoms with Gasteiger partial charge in [-0.3, -0.25) is 0 Å². The number of hydrogen-bond acceptors (Lipinski definition) is 4. The number of hydrogen-bond donors (Lipinski definition) is 1. The van der Waals surface area contributed by atoms with Crippen molar-refractivity contribution in [3.05, 3.63) is 35.3 Å². The van der Waals surface area contributed by atoms with Gasteiger partial charge in [-0.1, -0.05) is 28.6 Å². The van der Waals surface area contributed by atoms with Gasteiger partial charge in [-0.25, -0.2) is 21.6 Å². The Morgan fingerprint density at radius 3 is 2.33 bits per heavy atom. The van der Waals surface area contributed by atoms with Crippen LogP contribution in [0.15, 0.2) is 45.1 Å². The zero-order chi connectivity index (χ0) is 14.0. The SMILES string of the molecule is C=C(Br)CNS(=O)(=O)c1cccc(S(=O)(=O)Cl)c1. The Morgan fingerprint density at radius 1 is 1.28 bits per heavy atom. The molecule has 0 aliphatic rings. The smallest absolute Gasteiger partial charge is 0.207 e. The molecule has 0 aromatic heterocycles. The molecule has 0 saturated heterocycles. The maximum Gasteiger partial charge on any atom is 0.261 e. The summed E-state index contributed by atoms with van der Waals surface area (Å²) in [6.07, 6.45) is 0. The summed E-state index contributed by atoms with van der Waals surface area (Å²) in [5.74, 6) is 0. The molecule has 0 radical (unpaired) electrons. The van der Waals surface area contributed by atoms with Crippen molar-refractivity contribution in [2.45, 2.75) is 9.79 Å². The quantitative estimate of drug-likeness (QED) is 0.797. The highest BCUT2D eigenvalue weighted by Crippen LogP contribution is 2.19. The summed E-state index contributed by atoms with van der Waals surface area (Å²) in [6.45, 7) is 3.48. The minimum absolute atomic E-state index is 0.000184. The molecule has 0 spiro atoms. The van der Waals surface area contributed by atoms with E-state index in [1.54, 1.807) is 0 Å². The van der Waals surface area contributed by atoms with Gasteiger partial charge >= 0.3 is 0 Å². The van der Waals surface area contributed by atoms with Crippen LogP contribution in [0.25, 0.3) is 0 Å². The summed E-state index contributed by atoms with van der Waals surface area (Å²) in [6, 6.07) is 4.77. The highest BCUT2D eigenvalue weighted by Gasteiger charge is 2.17. The summed E-state index contributed by atoms with van der Waals surface area (Å²) in [5, 5.41) is 0. The number of sulfonamides is 1. The number of halogens is 2. The minimum atomic E-state index is -3.96. The summed E-state index contributed by atoms with van der Waals surface area (Å²) >= 11 is 3.01. The van der Waals surface area contributed by atoms with Crippen molar-refractivity contribution in [1.82, 2.24) is 4.72 Å².